The first-order chi connectivity index (χ1) is 15.7. The number of Topliss-reactive ketones (excluding diaryl/α,β-unsaturated/α-hetero) is 1. The summed E-state index contributed by atoms with van der Waals surface area (Å²) in [5.74, 6) is 1.03. The molecule has 1 unspecified atom stereocenters. The highest BCUT2D eigenvalue weighted by Gasteiger charge is 2.25. The van der Waals surface area contributed by atoms with E-state index in [1.807, 2.05) is 47.4 Å². The van der Waals surface area contributed by atoms with Crippen LogP contribution in [0.25, 0.3) is 0 Å². The van der Waals surface area contributed by atoms with Crippen molar-refractivity contribution in [2.45, 2.75) is 71.3 Å². The zero-order valence-electron chi connectivity index (χ0n) is 19.0. The van der Waals surface area contributed by atoms with Crippen LogP contribution in [-0.4, -0.2) is 21.4 Å². The van der Waals surface area contributed by atoms with Crippen molar-refractivity contribution < 1.29 is 14.3 Å². The van der Waals surface area contributed by atoms with Gasteiger partial charge in [-0.1, -0.05) is 44.2 Å². The molecule has 0 saturated carbocycles. The summed E-state index contributed by atoms with van der Waals surface area (Å²) in [6.07, 6.45) is 9.87. The third-order valence-corrected chi connectivity index (χ3v) is 6.27. The van der Waals surface area contributed by atoms with Crippen molar-refractivity contribution in [3.8, 4) is 5.75 Å². The van der Waals surface area contributed by atoms with Crippen LogP contribution in [0.2, 0.25) is 0 Å². The summed E-state index contributed by atoms with van der Waals surface area (Å²) < 4.78 is 14.9. The Hall–Kier alpha value is -2.92. The predicted molar refractivity (Wildman–Crippen MR) is 125 cm³/mol. The minimum atomic E-state index is -0.186. The van der Waals surface area contributed by atoms with Gasteiger partial charge in [0.25, 0.3) is 0 Å². The molecule has 0 fully saturated rings. The molecule has 32 heavy (non-hydrogen) atoms. The Morgan fingerprint density at radius 2 is 1.88 bits per heavy atom. The number of fused-ring (bicyclic) bond motifs is 1. The molecule has 2 aromatic carbocycles. The number of nitrogens with zero attached hydrogens (tertiary/aromatic N) is 2. The summed E-state index contributed by atoms with van der Waals surface area (Å²) in [4.78, 5) is 16.7. The van der Waals surface area contributed by atoms with Gasteiger partial charge in [-0.3, -0.25) is 4.79 Å². The standard InChI is InChI=1S/C27H32N2O3/c1-3-21(4-2)31-18-24-22-11-8-12-25(30)23(22)13-14-26(24)32-27(17-29-16-15-28-19-29)20-9-6-5-7-10-20/h5-7,9-10,13-16,19,21,27H,3-4,8,11-12,17-18H2,1-2H3. The zero-order chi connectivity index (χ0) is 22.3. The van der Waals surface area contributed by atoms with Crippen molar-refractivity contribution in [3.63, 3.8) is 0 Å². The molecule has 0 radical (unpaired) electrons. The van der Waals surface area contributed by atoms with Crippen molar-refractivity contribution in [1.29, 1.82) is 0 Å². The molecule has 1 atom stereocenters. The summed E-state index contributed by atoms with van der Waals surface area (Å²) in [5, 5.41) is 0. The Morgan fingerprint density at radius 1 is 1.06 bits per heavy atom. The van der Waals surface area contributed by atoms with E-state index in [2.05, 4.69) is 31.0 Å². The van der Waals surface area contributed by atoms with Gasteiger partial charge in [-0.05, 0) is 48.9 Å². The summed E-state index contributed by atoms with van der Waals surface area (Å²) in [7, 11) is 0. The first-order valence-electron chi connectivity index (χ1n) is 11.7. The molecule has 1 aromatic heterocycles. The van der Waals surface area contributed by atoms with Crippen LogP contribution in [0.1, 0.15) is 72.7 Å². The molecule has 0 N–H and O–H groups in total. The Bertz CT molecular complexity index is 1010. The maximum absolute atomic E-state index is 12.6. The summed E-state index contributed by atoms with van der Waals surface area (Å²) >= 11 is 0. The first-order valence-corrected chi connectivity index (χ1v) is 11.7. The second-order valence-electron chi connectivity index (χ2n) is 8.37. The SMILES string of the molecule is CCC(CC)OCc1c(OC(Cn2ccnc2)c2ccccc2)ccc2c1CCCC2=O. The topological polar surface area (TPSA) is 53.4 Å². The van der Waals surface area contributed by atoms with Crippen molar-refractivity contribution in [3.05, 3.63) is 83.4 Å². The minimum absolute atomic E-state index is 0.186. The average molecular weight is 433 g/mol. The van der Waals surface area contributed by atoms with Gasteiger partial charge < -0.3 is 14.0 Å². The van der Waals surface area contributed by atoms with Crippen molar-refractivity contribution in [2.75, 3.05) is 0 Å². The maximum Gasteiger partial charge on any atom is 0.163 e. The van der Waals surface area contributed by atoms with Gasteiger partial charge in [-0.2, -0.15) is 0 Å². The van der Waals surface area contributed by atoms with Gasteiger partial charge in [0.2, 0.25) is 0 Å². The van der Waals surface area contributed by atoms with Gasteiger partial charge in [0.15, 0.2) is 5.78 Å². The largest absolute Gasteiger partial charge is 0.483 e. The number of aromatic nitrogens is 2. The van der Waals surface area contributed by atoms with Gasteiger partial charge in [0.1, 0.15) is 11.9 Å². The number of benzene rings is 2. The van der Waals surface area contributed by atoms with E-state index in [9.17, 15) is 4.79 Å². The lowest BCUT2D eigenvalue weighted by atomic mass is 9.87. The molecule has 1 aliphatic carbocycles. The molecule has 168 valence electrons. The molecule has 0 saturated heterocycles. The van der Waals surface area contributed by atoms with Gasteiger partial charge in [0, 0.05) is 29.9 Å². The average Bonchev–Trinajstić information content (AvgIpc) is 3.34. The predicted octanol–water partition coefficient (Wildman–Crippen LogP) is 5.93. The summed E-state index contributed by atoms with van der Waals surface area (Å²) in [6, 6.07) is 14.1. The number of rotatable bonds is 10. The number of hydrogen-bond donors (Lipinski definition) is 0. The van der Waals surface area contributed by atoms with Crippen LogP contribution in [0.4, 0.5) is 0 Å². The Morgan fingerprint density at radius 3 is 2.59 bits per heavy atom. The highest BCUT2D eigenvalue weighted by Crippen LogP contribution is 2.35. The van der Waals surface area contributed by atoms with E-state index < -0.39 is 0 Å². The number of hydrogen-bond acceptors (Lipinski definition) is 4. The van der Waals surface area contributed by atoms with Crippen LogP contribution in [-0.2, 0) is 24.3 Å². The number of ketones is 1. The maximum atomic E-state index is 12.6. The normalized spacial score (nSPS) is 14.4. The number of imidazole rings is 1. The lowest BCUT2D eigenvalue weighted by molar-refractivity contribution is 0.0331. The van der Waals surface area contributed by atoms with Gasteiger partial charge in [-0.15, -0.1) is 0 Å². The molecule has 0 spiro atoms. The van der Waals surface area contributed by atoms with Crippen LogP contribution < -0.4 is 4.74 Å². The summed E-state index contributed by atoms with van der Waals surface area (Å²) in [5.41, 5.74) is 4.05. The highest BCUT2D eigenvalue weighted by molar-refractivity contribution is 5.99. The molecule has 1 heterocycles. The van der Waals surface area contributed by atoms with Crippen molar-refractivity contribution >= 4 is 5.78 Å². The lowest BCUT2D eigenvalue weighted by Crippen LogP contribution is -2.19. The van der Waals surface area contributed by atoms with Crippen LogP contribution in [0.3, 0.4) is 0 Å². The third-order valence-electron chi connectivity index (χ3n) is 6.27. The molecular weight excluding hydrogens is 400 g/mol. The van der Waals surface area contributed by atoms with E-state index >= 15 is 0 Å². The Kier molecular flexibility index (Phi) is 7.38. The fourth-order valence-electron chi connectivity index (χ4n) is 4.39. The quantitative estimate of drug-likeness (QED) is 0.399. The third kappa shape index (κ3) is 5.10. The highest BCUT2D eigenvalue weighted by atomic mass is 16.5. The number of ether oxygens (including phenoxy) is 2. The molecule has 3 aromatic rings. The van der Waals surface area contributed by atoms with Gasteiger partial charge in [-0.25, -0.2) is 4.98 Å². The monoisotopic (exact) mass is 432 g/mol. The molecule has 5 nitrogen and oxygen atoms in total. The second-order valence-corrected chi connectivity index (χ2v) is 8.37. The Labute approximate surface area is 190 Å². The van der Waals surface area contributed by atoms with Crippen LogP contribution in [0.15, 0.2) is 61.2 Å². The van der Waals surface area contributed by atoms with E-state index in [1.54, 1.807) is 6.20 Å². The van der Waals surface area contributed by atoms with E-state index in [-0.39, 0.29) is 18.0 Å². The van der Waals surface area contributed by atoms with Crippen LogP contribution in [0, 0.1) is 0 Å². The van der Waals surface area contributed by atoms with E-state index in [0.717, 1.165) is 53.7 Å². The first kappa shape index (κ1) is 22.3. The van der Waals surface area contributed by atoms with Crippen molar-refractivity contribution in [1.82, 2.24) is 9.55 Å². The van der Waals surface area contributed by atoms with E-state index in [1.165, 1.54) is 0 Å². The van der Waals surface area contributed by atoms with Gasteiger partial charge >= 0.3 is 0 Å². The molecule has 0 aliphatic heterocycles. The van der Waals surface area contributed by atoms with E-state index in [0.29, 0.717) is 19.6 Å². The summed E-state index contributed by atoms with van der Waals surface area (Å²) in [6.45, 7) is 5.40. The molecule has 5 heteroatoms. The van der Waals surface area contributed by atoms with Crippen molar-refractivity contribution in [2.24, 2.45) is 0 Å². The zero-order valence-corrected chi connectivity index (χ0v) is 19.0. The minimum Gasteiger partial charge on any atom is -0.483 e. The molecule has 0 amide bonds. The fraction of sp³-hybridized carbons (Fsp3) is 0.407. The number of carbonyl (C=O) groups excluding carboxylic acids is 1. The van der Waals surface area contributed by atoms with Gasteiger partial charge in [0.05, 0.1) is 25.6 Å². The second kappa shape index (κ2) is 10.6. The van der Waals surface area contributed by atoms with E-state index in [4.69, 9.17) is 9.47 Å². The molecule has 4 rings (SSSR count). The molecule has 1 aliphatic rings. The number of carbonyl (C=O) groups is 1. The molecular formula is C27H32N2O3. The smallest absolute Gasteiger partial charge is 0.163 e. The Balaban J connectivity index is 1.69. The molecule has 0 bridgehead atoms. The fourth-order valence-corrected chi connectivity index (χ4v) is 4.39. The van der Waals surface area contributed by atoms with Crippen LogP contribution >= 0.6 is 0 Å². The van der Waals surface area contributed by atoms with Crippen LogP contribution in [0.5, 0.6) is 5.75 Å². The lowest BCUT2D eigenvalue weighted by Gasteiger charge is -2.26.